The van der Waals surface area contributed by atoms with Crippen LogP contribution < -0.4 is 10.6 Å². The van der Waals surface area contributed by atoms with E-state index in [0.717, 1.165) is 16.9 Å². The van der Waals surface area contributed by atoms with Gasteiger partial charge in [0.15, 0.2) is 0 Å². The topological polar surface area (TPSA) is 41.1 Å². The number of amides is 1. The Balaban J connectivity index is 1.69. The van der Waals surface area contributed by atoms with Gasteiger partial charge in [-0.05, 0) is 54.7 Å². The first-order chi connectivity index (χ1) is 12.5. The Bertz CT molecular complexity index is 777. The Morgan fingerprint density at radius 3 is 2.27 bits per heavy atom. The first kappa shape index (κ1) is 18.1. The van der Waals surface area contributed by atoms with Crippen LogP contribution in [0.4, 0.5) is 25.8 Å². The van der Waals surface area contributed by atoms with Crippen LogP contribution in [0.5, 0.6) is 0 Å². The van der Waals surface area contributed by atoms with Crippen molar-refractivity contribution in [3.8, 4) is 0 Å². The first-order valence-corrected chi connectivity index (χ1v) is 8.74. The minimum Gasteiger partial charge on any atom is -0.354 e. The second-order valence-electron chi connectivity index (χ2n) is 6.62. The molecule has 5 heteroatoms. The highest BCUT2D eigenvalue weighted by Crippen LogP contribution is 2.41. The molecule has 0 unspecified atom stereocenters. The Kier molecular flexibility index (Phi) is 5.35. The molecule has 1 aliphatic carbocycles. The molecule has 1 aliphatic rings. The fourth-order valence-electron chi connectivity index (χ4n) is 3.25. The van der Waals surface area contributed by atoms with Crippen LogP contribution in [0.25, 0.3) is 0 Å². The van der Waals surface area contributed by atoms with Gasteiger partial charge in [-0.3, -0.25) is 4.79 Å². The number of para-hydroxylation sites is 2. The van der Waals surface area contributed by atoms with Crippen molar-refractivity contribution >= 4 is 23.0 Å². The number of hydrogen-bond acceptors (Lipinski definition) is 2. The molecule has 0 spiro atoms. The second kappa shape index (κ2) is 7.68. The lowest BCUT2D eigenvalue weighted by Crippen LogP contribution is -2.23. The number of carbonyl (C=O) groups is 1. The highest BCUT2D eigenvalue weighted by Gasteiger charge is 2.35. The third-order valence-electron chi connectivity index (χ3n) is 4.75. The largest absolute Gasteiger partial charge is 0.354 e. The Labute approximate surface area is 152 Å². The number of carbonyl (C=O) groups excluding carboxylic acids is 1. The van der Waals surface area contributed by atoms with Crippen molar-refractivity contribution < 1.29 is 13.6 Å². The van der Waals surface area contributed by atoms with Gasteiger partial charge in [0.1, 0.15) is 0 Å². The van der Waals surface area contributed by atoms with Crippen LogP contribution >= 0.6 is 0 Å². The minimum atomic E-state index is -2.50. The zero-order chi connectivity index (χ0) is 18.6. The van der Waals surface area contributed by atoms with Crippen molar-refractivity contribution in [1.29, 1.82) is 0 Å². The third kappa shape index (κ3) is 4.48. The van der Waals surface area contributed by atoms with Crippen LogP contribution in [0.2, 0.25) is 0 Å². The maximum absolute atomic E-state index is 13.3. The van der Waals surface area contributed by atoms with Crippen molar-refractivity contribution in [1.82, 2.24) is 0 Å². The molecular formula is C21H22F2N2O. The van der Waals surface area contributed by atoms with Crippen molar-refractivity contribution in [2.75, 3.05) is 10.6 Å². The molecule has 3 nitrogen and oxygen atoms in total. The summed E-state index contributed by atoms with van der Waals surface area (Å²) < 4.78 is 26.6. The smallest absolute Gasteiger partial charge is 0.248 e. The van der Waals surface area contributed by atoms with E-state index in [-0.39, 0.29) is 24.7 Å². The average Bonchev–Trinajstić information content (AvgIpc) is 2.64. The number of halogens is 2. The maximum atomic E-state index is 13.3. The van der Waals surface area contributed by atoms with Crippen molar-refractivity contribution in [2.24, 2.45) is 0 Å². The predicted molar refractivity (Wildman–Crippen MR) is 101 cm³/mol. The Hall–Kier alpha value is -2.69. The molecule has 1 amide bonds. The number of benzene rings is 2. The summed E-state index contributed by atoms with van der Waals surface area (Å²) in [5, 5.41) is 6.04. The van der Waals surface area contributed by atoms with Gasteiger partial charge in [0.2, 0.25) is 11.8 Å². The molecule has 0 bridgehead atoms. The lowest BCUT2D eigenvalue weighted by molar-refractivity contribution is -0.111. The lowest BCUT2D eigenvalue weighted by Gasteiger charge is -2.28. The van der Waals surface area contributed by atoms with Crippen molar-refractivity contribution in [3.63, 3.8) is 0 Å². The van der Waals surface area contributed by atoms with E-state index in [9.17, 15) is 13.6 Å². The summed E-state index contributed by atoms with van der Waals surface area (Å²) in [6, 6.07) is 15.2. The summed E-state index contributed by atoms with van der Waals surface area (Å²) in [7, 11) is 0. The van der Waals surface area contributed by atoms with Crippen LogP contribution in [-0.4, -0.2) is 11.8 Å². The molecular weight excluding hydrogens is 334 g/mol. The van der Waals surface area contributed by atoms with E-state index in [1.54, 1.807) is 6.07 Å². The lowest BCUT2D eigenvalue weighted by atomic mass is 9.82. The zero-order valence-corrected chi connectivity index (χ0v) is 14.5. The van der Waals surface area contributed by atoms with Crippen LogP contribution in [0.3, 0.4) is 0 Å². The van der Waals surface area contributed by atoms with Gasteiger partial charge in [0.25, 0.3) is 0 Å². The summed E-state index contributed by atoms with van der Waals surface area (Å²) in [6.45, 7) is 3.45. The molecule has 0 heterocycles. The molecule has 0 saturated heterocycles. The molecule has 2 N–H and O–H groups in total. The van der Waals surface area contributed by atoms with Crippen LogP contribution in [-0.2, 0) is 4.79 Å². The molecule has 0 aromatic heterocycles. The van der Waals surface area contributed by atoms with E-state index in [1.165, 1.54) is 6.08 Å². The number of rotatable bonds is 5. The molecule has 2 aromatic rings. The van der Waals surface area contributed by atoms with Crippen LogP contribution in [0, 0.1) is 0 Å². The fourth-order valence-corrected chi connectivity index (χ4v) is 3.25. The first-order valence-electron chi connectivity index (χ1n) is 8.74. The molecule has 1 fully saturated rings. The third-order valence-corrected chi connectivity index (χ3v) is 4.75. The predicted octanol–water partition coefficient (Wildman–Crippen LogP) is 5.85. The Morgan fingerprint density at radius 2 is 1.65 bits per heavy atom. The summed E-state index contributed by atoms with van der Waals surface area (Å²) in [5.74, 6) is -2.58. The molecule has 26 heavy (non-hydrogen) atoms. The second-order valence-corrected chi connectivity index (χ2v) is 6.62. The van der Waals surface area contributed by atoms with Gasteiger partial charge in [-0.15, -0.1) is 0 Å². The molecule has 0 atom stereocenters. The molecule has 3 rings (SSSR count). The van der Waals surface area contributed by atoms with Gasteiger partial charge in [-0.25, -0.2) is 8.78 Å². The van der Waals surface area contributed by atoms with Crippen molar-refractivity contribution in [2.45, 2.75) is 37.5 Å². The average molecular weight is 356 g/mol. The molecule has 0 radical (unpaired) electrons. The highest BCUT2D eigenvalue weighted by atomic mass is 19.3. The number of nitrogens with one attached hydrogen (secondary N) is 2. The van der Waals surface area contributed by atoms with E-state index in [1.807, 2.05) is 42.5 Å². The summed E-state index contributed by atoms with van der Waals surface area (Å²) in [4.78, 5) is 11.5. The molecule has 1 saturated carbocycles. The minimum absolute atomic E-state index is 0.0337. The monoisotopic (exact) mass is 356 g/mol. The van der Waals surface area contributed by atoms with Gasteiger partial charge >= 0.3 is 0 Å². The van der Waals surface area contributed by atoms with Crippen LogP contribution in [0.15, 0.2) is 61.2 Å². The standard InChI is InChI=1S/C21H22F2N2O/c1-2-20(26)25-19-6-4-3-5-18(19)24-17-9-7-15(8-10-17)16-11-13-21(22,23)14-12-16/h2-10,16,24H,1,11-14H2,(H,25,26). The number of hydrogen-bond donors (Lipinski definition) is 2. The van der Waals surface area contributed by atoms with Gasteiger partial charge < -0.3 is 10.6 Å². The summed E-state index contributed by atoms with van der Waals surface area (Å²) >= 11 is 0. The van der Waals surface area contributed by atoms with E-state index in [0.29, 0.717) is 18.5 Å². The highest BCUT2D eigenvalue weighted by molar-refractivity contribution is 6.01. The van der Waals surface area contributed by atoms with Gasteiger partial charge in [-0.1, -0.05) is 30.8 Å². The Morgan fingerprint density at radius 1 is 1.04 bits per heavy atom. The summed E-state index contributed by atoms with van der Waals surface area (Å²) in [6.07, 6.45) is 2.20. The molecule has 0 aliphatic heterocycles. The van der Waals surface area contributed by atoms with E-state index >= 15 is 0 Å². The normalized spacial score (nSPS) is 16.7. The number of anilines is 3. The molecule has 136 valence electrons. The number of alkyl halides is 2. The maximum Gasteiger partial charge on any atom is 0.248 e. The summed E-state index contributed by atoms with van der Waals surface area (Å²) in [5.41, 5.74) is 3.40. The molecule has 2 aromatic carbocycles. The van der Waals surface area contributed by atoms with E-state index in [2.05, 4.69) is 17.2 Å². The van der Waals surface area contributed by atoms with Crippen molar-refractivity contribution in [3.05, 3.63) is 66.7 Å². The van der Waals surface area contributed by atoms with Gasteiger partial charge in [0, 0.05) is 18.5 Å². The quantitative estimate of drug-likeness (QED) is 0.660. The van der Waals surface area contributed by atoms with Gasteiger partial charge in [-0.2, -0.15) is 0 Å². The van der Waals surface area contributed by atoms with E-state index < -0.39 is 5.92 Å². The fraction of sp³-hybridized carbons (Fsp3) is 0.286. The van der Waals surface area contributed by atoms with E-state index in [4.69, 9.17) is 0 Å². The van der Waals surface area contributed by atoms with Gasteiger partial charge in [0.05, 0.1) is 11.4 Å². The SMILES string of the molecule is C=CC(=O)Nc1ccccc1Nc1ccc(C2CCC(F)(F)CC2)cc1. The van der Waals surface area contributed by atoms with Crippen LogP contribution in [0.1, 0.15) is 37.2 Å². The zero-order valence-electron chi connectivity index (χ0n) is 14.5.